The standard InChI is InChI=1S/C20H19BrN2O4/c1-12-19(24)22-16-4-2-3-15(18(16)27-12)20(25)23-9-10-26-17(11-23)13-5-7-14(21)8-6-13/h2-8,12,17H,9-11H2,1H3,(H,22,24)/t12-,17+/m1/s1. The lowest BCUT2D eigenvalue weighted by atomic mass is 10.1. The van der Waals surface area contributed by atoms with E-state index < -0.39 is 6.10 Å². The maximum absolute atomic E-state index is 13.2. The Morgan fingerprint density at radius 1 is 1.22 bits per heavy atom. The Kier molecular flexibility index (Phi) is 4.88. The van der Waals surface area contributed by atoms with Gasteiger partial charge in [0, 0.05) is 11.0 Å². The second kappa shape index (κ2) is 7.32. The van der Waals surface area contributed by atoms with Gasteiger partial charge in [0.2, 0.25) is 0 Å². The van der Waals surface area contributed by atoms with Crippen LogP contribution in [-0.4, -0.2) is 42.5 Å². The van der Waals surface area contributed by atoms with E-state index in [0.717, 1.165) is 10.0 Å². The highest BCUT2D eigenvalue weighted by atomic mass is 79.9. The molecular weight excluding hydrogens is 412 g/mol. The van der Waals surface area contributed by atoms with Crippen molar-refractivity contribution in [1.29, 1.82) is 0 Å². The van der Waals surface area contributed by atoms with Gasteiger partial charge in [-0.3, -0.25) is 9.59 Å². The first-order valence-electron chi connectivity index (χ1n) is 8.80. The fraction of sp³-hybridized carbons (Fsp3) is 0.300. The fourth-order valence-electron chi connectivity index (χ4n) is 3.28. The van der Waals surface area contributed by atoms with Gasteiger partial charge in [-0.15, -0.1) is 0 Å². The minimum atomic E-state index is -0.633. The van der Waals surface area contributed by atoms with Gasteiger partial charge in [-0.05, 0) is 36.8 Å². The van der Waals surface area contributed by atoms with E-state index in [1.54, 1.807) is 30.0 Å². The second-order valence-corrected chi connectivity index (χ2v) is 7.51. The van der Waals surface area contributed by atoms with Crippen LogP contribution in [0, 0.1) is 0 Å². The van der Waals surface area contributed by atoms with Crippen LogP contribution in [0.4, 0.5) is 5.69 Å². The van der Waals surface area contributed by atoms with Crippen LogP contribution in [-0.2, 0) is 9.53 Å². The van der Waals surface area contributed by atoms with Gasteiger partial charge >= 0.3 is 0 Å². The molecule has 0 unspecified atom stereocenters. The zero-order chi connectivity index (χ0) is 19.0. The molecule has 0 spiro atoms. The zero-order valence-electron chi connectivity index (χ0n) is 14.8. The number of carbonyl (C=O) groups is 2. The predicted octanol–water partition coefficient (Wildman–Crippen LogP) is 3.38. The van der Waals surface area contributed by atoms with E-state index in [1.807, 2.05) is 24.3 Å². The first-order chi connectivity index (χ1) is 13.0. The van der Waals surface area contributed by atoms with Crippen LogP contribution in [0.3, 0.4) is 0 Å². The number of nitrogens with one attached hydrogen (secondary N) is 1. The summed E-state index contributed by atoms with van der Waals surface area (Å²) >= 11 is 3.43. The molecule has 6 nitrogen and oxygen atoms in total. The van der Waals surface area contributed by atoms with Crippen molar-refractivity contribution in [1.82, 2.24) is 4.90 Å². The zero-order valence-corrected chi connectivity index (χ0v) is 16.4. The first kappa shape index (κ1) is 18.0. The quantitative estimate of drug-likeness (QED) is 0.792. The molecule has 0 aromatic heterocycles. The van der Waals surface area contributed by atoms with Crippen molar-refractivity contribution in [3.8, 4) is 5.75 Å². The highest BCUT2D eigenvalue weighted by Gasteiger charge is 2.31. The molecule has 0 saturated carbocycles. The van der Waals surface area contributed by atoms with Crippen molar-refractivity contribution in [2.24, 2.45) is 0 Å². The van der Waals surface area contributed by atoms with Gasteiger partial charge in [-0.25, -0.2) is 0 Å². The van der Waals surface area contributed by atoms with Crippen LogP contribution in [0.5, 0.6) is 5.75 Å². The smallest absolute Gasteiger partial charge is 0.265 e. The average Bonchev–Trinajstić information content (AvgIpc) is 2.68. The van der Waals surface area contributed by atoms with Gasteiger partial charge in [0.25, 0.3) is 11.8 Å². The molecule has 2 aromatic rings. The lowest BCUT2D eigenvalue weighted by molar-refractivity contribution is -0.122. The molecule has 2 aliphatic rings. The monoisotopic (exact) mass is 430 g/mol. The Morgan fingerprint density at radius 2 is 2.00 bits per heavy atom. The van der Waals surface area contributed by atoms with Crippen LogP contribution in [0.25, 0.3) is 0 Å². The number of para-hydroxylation sites is 1. The highest BCUT2D eigenvalue weighted by Crippen LogP contribution is 2.35. The molecule has 1 N–H and O–H groups in total. The molecule has 0 bridgehead atoms. The van der Waals surface area contributed by atoms with Crippen LogP contribution in [0.2, 0.25) is 0 Å². The summed E-state index contributed by atoms with van der Waals surface area (Å²) in [5.74, 6) is 0.0932. The minimum absolute atomic E-state index is 0.124. The number of hydrogen-bond acceptors (Lipinski definition) is 4. The Hall–Kier alpha value is -2.38. The Bertz CT molecular complexity index is 884. The average molecular weight is 431 g/mol. The topological polar surface area (TPSA) is 67.9 Å². The number of rotatable bonds is 2. The van der Waals surface area contributed by atoms with Gasteiger partial charge in [-0.2, -0.15) is 0 Å². The van der Waals surface area contributed by atoms with Gasteiger partial charge in [-0.1, -0.05) is 34.1 Å². The summed E-state index contributed by atoms with van der Waals surface area (Å²) in [6.45, 7) is 3.11. The van der Waals surface area contributed by atoms with Gasteiger partial charge in [0.05, 0.1) is 24.4 Å². The molecular formula is C20H19BrN2O4. The van der Waals surface area contributed by atoms with E-state index in [4.69, 9.17) is 9.47 Å². The SMILES string of the molecule is C[C@H]1Oc2c(cccc2C(=O)N2CCO[C@H](c3ccc(Br)cc3)C2)NC1=O. The van der Waals surface area contributed by atoms with Crippen LogP contribution in [0.1, 0.15) is 28.9 Å². The predicted molar refractivity (Wildman–Crippen MR) is 104 cm³/mol. The Labute approximate surface area is 165 Å². The molecule has 2 amide bonds. The summed E-state index contributed by atoms with van der Waals surface area (Å²) in [6, 6.07) is 13.1. The molecule has 2 aliphatic heterocycles. The molecule has 2 heterocycles. The van der Waals surface area contributed by atoms with Crippen molar-refractivity contribution < 1.29 is 19.1 Å². The molecule has 7 heteroatoms. The lowest BCUT2D eigenvalue weighted by Gasteiger charge is -2.34. The van der Waals surface area contributed by atoms with Crippen molar-refractivity contribution >= 4 is 33.4 Å². The number of benzene rings is 2. The Morgan fingerprint density at radius 3 is 2.78 bits per heavy atom. The largest absolute Gasteiger partial charge is 0.478 e. The summed E-state index contributed by atoms with van der Waals surface area (Å²) in [7, 11) is 0. The van der Waals surface area contributed by atoms with E-state index in [9.17, 15) is 9.59 Å². The normalized spacial score (nSPS) is 21.9. The van der Waals surface area contributed by atoms with Crippen molar-refractivity contribution in [3.05, 3.63) is 58.1 Å². The third-order valence-electron chi connectivity index (χ3n) is 4.76. The molecule has 2 atom stereocenters. The molecule has 4 rings (SSSR count). The molecule has 1 saturated heterocycles. The summed E-state index contributed by atoms with van der Waals surface area (Å²) in [5.41, 5.74) is 2.01. The second-order valence-electron chi connectivity index (χ2n) is 6.59. The molecule has 0 radical (unpaired) electrons. The maximum Gasteiger partial charge on any atom is 0.265 e. The van der Waals surface area contributed by atoms with Crippen LogP contribution < -0.4 is 10.1 Å². The van der Waals surface area contributed by atoms with E-state index >= 15 is 0 Å². The summed E-state index contributed by atoms with van der Waals surface area (Å²) in [5, 5.41) is 2.78. The number of fused-ring (bicyclic) bond motifs is 1. The van der Waals surface area contributed by atoms with Crippen molar-refractivity contribution in [2.45, 2.75) is 19.1 Å². The van der Waals surface area contributed by atoms with Gasteiger partial charge in [0.1, 0.15) is 6.10 Å². The first-order valence-corrected chi connectivity index (χ1v) is 9.59. The third-order valence-corrected chi connectivity index (χ3v) is 5.29. The van der Waals surface area contributed by atoms with Crippen molar-refractivity contribution in [3.63, 3.8) is 0 Å². The van der Waals surface area contributed by atoms with Gasteiger partial charge in [0.15, 0.2) is 11.9 Å². The van der Waals surface area contributed by atoms with E-state index in [2.05, 4.69) is 21.2 Å². The molecule has 27 heavy (non-hydrogen) atoms. The Balaban J connectivity index is 1.57. The van der Waals surface area contributed by atoms with Gasteiger partial charge < -0.3 is 19.7 Å². The van der Waals surface area contributed by atoms with Crippen LogP contribution >= 0.6 is 15.9 Å². The number of ether oxygens (including phenoxy) is 2. The minimum Gasteiger partial charge on any atom is -0.478 e. The summed E-state index contributed by atoms with van der Waals surface area (Å²) in [4.78, 5) is 26.7. The highest BCUT2D eigenvalue weighted by molar-refractivity contribution is 9.10. The van der Waals surface area contributed by atoms with Crippen LogP contribution in [0.15, 0.2) is 46.9 Å². The lowest BCUT2D eigenvalue weighted by Crippen LogP contribution is -2.43. The summed E-state index contributed by atoms with van der Waals surface area (Å²) < 4.78 is 12.6. The number of halogens is 1. The van der Waals surface area contributed by atoms with E-state index in [0.29, 0.717) is 36.7 Å². The molecule has 2 aromatic carbocycles. The maximum atomic E-state index is 13.2. The molecule has 0 aliphatic carbocycles. The van der Waals surface area contributed by atoms with E-state index in [1.165, 1.54) is 0 Å². The fourth-order valence-corrected chi connectivity index (χ4v) is 3.54. The number of carbonyl (C=O) groups excluding carboxylic acids is 2. The van der Waals surface area contributed by atoms with Crippen molar-refractivity contribution in [2.75, 3.05) is 25.0 Å². The molecule has 1 fully saturated rings. The third kappa shape index (κ3) is 3.57. The van der Waals surface area contributed by atoms with E-state index in [-0.39, 0.29) is 17.9 Å². The number of amides is 2. The number of anilines is 1. The number of nitrogens with zero attached hydrogens (tertiary/aromatic N) is 1. The number of hydrogen-bond donors (Lipinski definition) is 1. The number of morpholine rings is 1. The molecule has 140 valence electrons. The summed E-state index contributed by atoms with van der Waals surface area (Å²) in [6.07, 6.45) is -0.804.